The number of aryl methyl sites for hydroxylation is 1. The summed E-state index contributed by atoms with van der Waals surface area (Å²) in [5, 5.41) is 2.79. The van der Waals surface area contributed by atoms with Crippen LogP contribution in [0.4, 0.5) is 4.79 Å². The van der Waals surface area contributed by atoms with Crippen molar-refractivity contribution < 1.29 is 23.9 Å². The highest BCUT2D eigenvalue weighted by Crippen LogP contribution is 2.21. The molecule has 0 saturated heterocycles. The first-order valence-electron chi connectivity index (χ1n) is 6.79. The zero-order valence-electron chi connectivity index (χ0n) is 12.8. The maximum Gasteiger partial charge on any atom is 0.333 e. The molecule has 23 heavy (non-hydrogen) atoms. The van der Waals surface area contributed by atoms with Crippen LogP contribution >= 0.6 is 11.6 Å². The van der Waals surface area contributed by atoms with Crippen molar-refractivity contribution in [2.75, 3.05) is 19.8 Å². The molecule has 1 aromatic carbocycles. The number of esters is 1. The van der Waals surface area contributed by atoms with Gasteiger partial charge in [0.15, 0.2) is 6.61 Å². The van der Waals surface area contributed by atoms with Crippen LogP contribution in [0.25, 0.3) is 0 Å². The van der Waals surface area contributed by atoms with Gasteiger partial charge >= 0.3 is 12.0 Å². The van der Waals surface area contributed by atoms with Gasteiger partial charge in [0.05, 0.1) is 6.61 Å². The topological polar surface area (TPSA) is 106 Å². The predicted octanol–water partition coefficient (Wildman–Crippen LogP) is 0.921. The van der Waals surface area contributed by atoms with Gasteiger partial charge in [-0.2, -0.15) is 0 Å². The molecule has 0 saturated carbocycles. The quantitative estimate of drug-likeness (QED) is 0.526. The highest BCUT2D eigenvalue weighted by molar-refractivity contribution is 6.30. The standard InChI is InChI=1S/C14H18ClN3O5/c1-3-22-13(20)7-16-14(21)18-17-12(19)8-23-11-5-4-10(15)6-9(11)2/h4-6H,3,7-8H2,1-2H3,(H,17,19)(H2,16,18,21). The lowest BCUT2D eigenvalue weighted by Gasteiger charge is -2.11. The summed E-state index contributed by atoms with van der Waals surface area (Å²) in [5.74, 6) is -0.627. The predicted molar refractivity (Wildman–Crippen MR) is 83.0 cm³/mol. The van der Waals surface area contributed by atoms with Crippen LogP contribution in [0.3, 0.4) is 0 Å². The van der Waals surface area contributed by atoms with Gasteiger partial charge in [0.25, 0.3) is 5.91 Å². The number of carbonyl (C=O) groups is 3. The summed E-state index contributed by atoms with van der Waals surface area (Å²) < 4.78 is 9.93. The van der Waals surface area contributed by atoms with Gasteiger partial charge in [-0.25, -0.2) is 10.2 Å². The van der Waals surface area contributed by atoms with Crippen LogP contribution in [-0.4, -0.2) is 37.7 Å². The summed E-state index contributed by atoms with van der Waals surface area (Å²) in [7, 11) is 0. The molecule has 0 aliphatic heterocycles. The van der Waals surface area contributed by atoms with E-state index < -0.39 is 17.9 Å². The third kappa shape index (κ3) is 7.37. The Kier molecular flexibility index (Phi) is 7.69. The average Bonchev–Trinajstić information content (AvgIpc) is 2.50. The number of carbonyl (C=O) groups excluding carboxylic acids is 3. The normalized spacial score (nSPS) is 9.70. The van der Waals surface area contributed by atoms with E-state index in [2.05, 4.69) is 20.9 Å². The van der Waals surface area contributed by atoms with E-state index >= 15 is 0 Å². The van der Waals surface area contributed by atoms with Crippen LogP contribution in [-0.2, 0) is 14.3 Å². The van der Waals surface area contributed by atoms with Gasteiger partial charge in [-0.15, -0.1) is 0 Å². The Bertz CT molecular complexity index is 580. The monoisotopic (exact) mass is 343 g/mol. The number of ether oxygens (including phenoxy) is 2. The maximum atomic E-state index is 11.5. The molecule has 0 fully saturated rings. The molecule has 0 radical (unpaired) electrons. The second-order valence-electron chi connectivity index (χ2n) is 4.36. The Morgan fingerprint density at radius 1 is 1.22 bits per heavy atom. The van der Waals surface area contributed by atoms with Crippen molar-refractivity contribution in [1.82, 2.24) is 16.2 Å². The summed E-state index contributed by atoms with van der Waals surface area (Å²) in [5.41, 5.74) is 5.00. The first kappa shape index (κ1) is 18.6. The Labute approximate surface area is 138 Å². The Hall–Kier alpha value is -2.48. The Morgan fingerprint density at radius 2 is 1.96 bits per heavy atom. The molecule has 9 heteroatoms. The van der Waals surface area contributed by atoms with Gasteiger partial charge < -0.3 is 14.8 Å². The number of hydrogen-bond donors (Lipinski definition) is 3. The zero-order chi connectivity index (χ0) is 17.2. The van der Waals surface area contributed by atoms with Gasteiger partial charge in [-0.3, -0.25) is 15.0 Å². The fraction of sp³-hybridized carbons (Fsp3) is 0.357. The summed E-state index contributed by atoms with van der Waals surface area (Å²) in [4.78, 5) is 33.9. The van der Waals surface area contributed by atoms with Crippen molar-refractivity contribution in [2.24, 2.45) is 0 Å². The molecule has 0 unspecified atom stereocenters. The van der Waals surface area contributed by atoms with E-state index in [0.29, 0.717) is 10.8 Å². The molecule has 1 rings (SSSR count). The lowest BCUT2D eigenvalue weighted by molar-refractivity contribution is -0.141. The number of hydrazine groups is 1. The minimum absolute atomic E-state index is 0.223. The molecule has 8 nitrogen and oxygen atoms in total. The third-order valence-electron chi connectivity index (χ3n) is 2.51. The van der Waals surface area contributed by atoms with Crippen LogP contribution in [0.1, 0.15) is 12.5 Å². The van der Waals surface area contributed by atoms with E-state index in [1.54, 1.807) is 32.0 Å². The molecule has 0 atom stereocenters. The van der Waals surface area contributed by atoms with Crippen molar-refractivity contribution in [3.05, 3.63) is 28.8 Å². The molecule has 3 N–H and O–H groups in total. The summed E-state index contributed by atoms with van der Waals surface area (Å²) in [6.07, 6.45) is 0. The summed E-state index contributed by atoms with van der Waals surface area (Å²) in [6, 6.07) is 4.25. The molecule has 0 aliphatic carbocycles. The molecular formula is C14H18ClN3O5. The third-order valence-corrected chi connectivity index (χ3v) is 2.74. The molecule has 0 aliphatic rings. The number of halogens is 1. The van der Waals surface area contributed by atoms with Gasteiger partial charge in [0.1, 0.15) is 12.3 Å². The van der Waals surface area contributed by atoms with E-state index in [-0.39, 0.29) is 19.8 Å². The van der Waals surface area contributed by atoms with Crippen molar-refractivity contribution in [3.63, 3.8) is 0 Å². The smallest absolute Gasteiger partial charge is 0.333 e. The van der Waals surface area contributed by atoms with Gasteiger partial charge in [-0.1, -0.05) is 11.6 Å². The second kappa shape index (κ2) is 9.52. The molecule has 3 amide bonds. The van der Waals surface area contributed by atoms with Crippen LogP contribution < -0.4 is 20.9 Å². The van der Waals surface area contributed by atoms with Gasteiger partial charge in [0, 0.05) is 5.02 Å². The van der Waals surface area contributed by atoms with Crippen molar-refractivity contribution in [2.45, 2.75) is 13.8 Å². The number of urea groups is 1. The molecule has 126 valence electrons. The van der Waals surface area contributed by atoms with Crippen LogP contribution in [0, 0.1) is 6.92 Å². The van der Waals surface area contributed by atoms with E-state index in [1.165, 1.54) is 0 Å². The lowest BCUT2D eigenvalue weighted by Crippen LogP contribution is -2.49. The fourth-order valence-corrected chi connectivity index (χ4v) is 1.72. The number of hydrogen-bond acceptors (Lipinski definition) is 5. The average molecular weight is 344 g/mol. The highest BCUT2D eigenvalue weighted by Gasteiger charge is 2.08. The molecular weight excluding hydrogens is 326 g/mol. The van der Waals surface area contributed by atoms with Crippen LogP contribution in [0.5, 0.6) is 5.75 Å². The van der Waals surface area contributed by atoms with Crippen molar-refractivity contribution >= 4 is 29.5 Å². The van der Waals surface area contributed by atoms with Crippen LogP contribution in [0.2, 0.25) is 5.02 Å². The summed E-state index contributed by atoms with van der Waals surface area (Å²) >= 11 is 5.81. The Balaban J connectivity index is 2.26. The molecule has 0 heterocycles. The number of benzene rings is 1. The van der Waals surface area contributed by atoms with Crippen molar-refractivity contribution in [1.29, 1.82) is 0 Å². The van der Waals surface area contributed by atoms with E-state index in [0.717, 1.165) is 5.56 Å². The van der Waals surface area contributed by atoms with Gasteiger partial charge in [-0.05, 0) is 37.6 Å². The summed E-state index contributed by atoms with van der Waals surface area (Å²) in [6.45, 7) is 3.08. The largest absolute Gasteiger partial charge is 0.483 e. The molecule has 0 aromatic heterocycles. The first-order chi connectivity index (χ1) is 10.9. The van der Waals surface area contributed by atoms with E-state index in [1.807, 2.05) is 0 Å². The van der Waals surface area contributed by atoms with Crippen molar-refractivity contribution in [3.8, 4) is 5.75 Å². The number of nitrogens with one attached hydrogen (secondary N) is 3. The number of amides is 3. The minimum atomic E-state index is -0.742. The maximum absolute atomic E-state index is 11.5. The zero-order valence-corrected chi connectivity index (χ0v) is 13.5. The second-order valence-corrected chi connectivity index (χ2v) is 4.80. The van der Waals surface area contributed by atoms with E-state index in [9.17, 15) is 14.4 Å². The minimum Gasteiger partial charge on any atom is -0.483 e. The SMILES string of the molecule is CCOC(=O)CNC(=O)NNC(=O)COc1ccc(Cl)cc1C. The Morgan fingerprint density at radius 3 is 2.61 bits per heavy atom. The highest BCUT2D eigenvalue weighted by atomic mass is 35.5. The first-order valence-corrected chi connectivity index (χ1v) is 7.17. The van der Waals surface area contributed by atoms with Crippen LogP contribution in [0.15, 0.2) is 18.2 Å². The molecule has 1 aromatic rings. The number of rotatable bonds is 6. The van der Waals surface area contributed by atoms with E-state index in [4.69, 9.17) is 16.3 Å². The lowest BCUT2D eigenvalue weighted by atomic mass is 10.2. The van der Waals surface area contributed by atoms with Gasteiger partial charge in [0.2, 0.25) is 0 Å². The fourth-order valence-electron chi connectivity index (χ4n) is 1.49. The molecule has 0 spiro atoms. The molecule has 0 bridgehead atoms.